The lowest BCUT2D eigenvalue weighted by atomic mass is 10.1. The lowest BCUT2D eigenvalue weighted by Crippen LogP contribution is -2.11. The third-order valence-corrected chi connectivity index (χ3v) is 3.72. The highest BCUT2D eigenvalue weighted by atomic mass is 16.5. The summed E-state index contributed by atoms with van der Waals surface area (Å²) >= 11 is 0. The first-order chi connectivity index (χ1) is 10.8. The predicted octanol–water partition coefficient (Wildman–Crippen LogP) is 3.04. The van der Waals surface area contributed by atoms with Crippen molar-refractivity contribution in [2.45, 2.75) is 19.9 Å². The minimum Gasteiger partial charge on any atom is -0.496 e. The van der Waals surface area contributed by atoms with Crippen LogP contribution in [0.1, 0.15) is 23.7 Å². The molecule has 3 rings (SSSR count). The van der Waals surface area contributed by atoms with Gasteiger partial charge in [-0.2, -0.15) is 0 Å². The number of imidazole rings is 1. The van der Waals surface area contributed by atoms with Crippen molar-refractivity contribution in [2.75, 3.05) is 13.7 Å². The van der Waals surface area contributed by atoms with Crippen LogP contribution in [0, 0.1) is 0 Å². The quantitative estimate of drug-likeness (QED) is 0.759. The Morgan fingerprint density at radius 3 is 2.91 bits per heavy atom. The van der Waals surface area contributed by atoms with Crippen LogP contribution in [0.15, 0.2) is 48.8 Å². The lowest BCUT2D eigenvalue weighted by molar-refractivity contribution is 0.410. The smallest absolute Gasteiger partial charge is 0.137 e. The fourth-order valence-electron chi connectivity index (χ4n) is 2.59. The number of pyridine rings is 1. The molecule has 3 aromatic rings. The number of rotatable bonds is 6. The summed E-state index contributed by atoms with van der Waals surface area (Å²) in [5, 5.41) is 3.34. The maximum Gasteiger partial charge on any atom is 0.137 e. The molecule has 1 N–H and O–H groups in total. The highest BCUT2D eigenvalue weighted by Gasteiger charge is 2.07. The van der Waals surface area contributed by atoms with Gasteiger partial charge in [0, 0.05) is 30.9 Å². The largest absolute Gasteiger partial charge is 0.496 e. The van der Waals surface area contributed by atoms with E-state index in [0.717, 1.165) is 42.2 Å². The first-order valence-corrected chi connectivity index (χ1v) is 7.59. The molecule has 0 saturated carbocycles. The maximum atomic E-state index is 5.41. The van der Waals surface area contributed by atoms with E-state index in [9.17, 15) is 0 Å². The van der Waals surface area contributed by atoms with E-state index < -0.39 is 0 Å². The molecule has 0 bridgehead atoms. The number of nitrogens with zero attached hydrogens (tertiary/aromatic N) is 2. The van der Waals surface area contributed by atoms with E-state index in [-0.39, 0.29) is 0 Å². The van der Waals surface area contributed by atoms with E-state index in [4.69, 9.17) is 9.72 Å². The molecule has 0 unspecified atom stereocenters. The van der Waals surface area contributed by atoms with Crippen molar-refractivity contribution in [1.82, 2.24) is 14.7 Å². The van der Waals surface area contributed by atoms with E-state index in [1.807, 2.05) is 18.2 Å². The Morgan fingerprint density at radius 2 is 2.09 bits per heavy atom. The number of hydrogen-bond acceptors (Lipinski definition) is 3. The average Bonchev–Trinajstić information content (AvgIpc) is 2.95. The van der Waals surface area contributed by atoms with Crippen molar-refractivity contribution in [3.05, 3.63) is 65.6 Å². The van der Waals surface area contributed by atoms with E-state index in [1.165, 1.54) is 5.56 Å². The Balaban J connectivity index is 1.85. The zero-order valence-corrected chi connectivity index (χ0v) is 13.0. The number of fused-ring (bicyclic) bond motifs is 1. The zero-order valence-electron chi connectivity index (χ0n) is 13.0. The molecule has 1 aromatic carbocycles. The molecule has 2 heterocycles. The monoisotopic (exact) mass is 295 g/mol. The normalized spacial score (nSPS) is 11.0. The number of aromatic nitrogens is 2. The molecule has 0 spiro atoms. The van der Waals surface area contributed by atoms with Crippen LogP contribution >= 0.6 is 0 Å². The van der Waals surface area contributed by atoms with E-state index in [1.54, 1.807) is 7.11 Å². The number of ether oxygens (including phenoxy) is 1. The Kier molecular flexibility index (Phi) is 4.39. The van der Waals surface area contributed by atoms with Gasteiger partial charge in [0.1, 0.15) is 11.4 Å². The summed E-state index contributed by atoms with van der Waals surface area (Å²) in [6.07, 6.45) is 4.92. The van der Waals surface area contributed by atoms with Gasteiger partial charge in [-0.05, 0) is 30.3 Å². The number of benzene rings is 1. The molecule has 114 valence electrons. The average molecular weight is 295 g/mol. The Morgan fingerprint density at radius 1 is 1.23 bits per heavy atom. The molecular weight excluding hydrogens is 274 g/mol. The van der Waals surface area contributed by atoms with Gasteiger partial charge >= 0.3 is 0 Å². The number of hydrogen-bond donors (Lipinski definition) is 1. The minimum absolute atomic E-state index is 0.772. The fourth-order valence-corrected chi connectivity index (χ4v) is 2.59. The van der Waals surface area contributed by atoms with Gasteiger partial charge in [-0.1, -0.05) is 25.1 Å². The molecule has 4 heteroatoms. The highest BCUT2D eigenvalue weighted by molar-refractivity contribution is 5.44. The van der Waals surface area contributed by atoms with E-state index in [2.05, 4.69) is 47.2 Å². The SMILES string of the molecule is CCNCc1ccn2cc(Cc3ccccc3OC)nc2c1. The molecule has 0 aliphatic heterocycles. The van der Waals surface area contributed by atoms with Crippen LogP contribution in [0.5, 0.6) is 5.75 Å². The summed E-state index contributed by atoms with van der Waals surface area (Å²) in [6.45, 7) is 3.96. The van der Waals surface area contributed by atoms with Crippen molar-refractivity contribution in [3.63, 3.8) is 0 Å². The Hall–Kier alpha value is -2.33. The molecule has 0 aliphatic rings. The summed E-state index contributed by atoms with van der Waals surface area (Å²) in [5.41, 5.74) is 4.44. The summed E-state index contributed by atoms with van der Waals surface area (Å²) < 4.78 is 7.48. The van der Waals surface area contributed by atoms with Crippen LogP contribution in [0.2, 0.25) is 0 Å². The molecule has 0 atom stereocenters. The van der Waals surface area contributed by atoms with Crippen molar-refractivity contribution < 1.29 is 4.74 Å². The van der Waals surface area contributed by atoms with Crippen LogP contribution in [-0.4, -0.2) is 23.0 Å². The Bertz CT molecular complexity index is 764. The number of para-hydroxylation sites is 1. The summed E-state index contributed by atoms with van der Waals surface area (Å²) in [5.74, 6) is 0.910. The number of methoxy groups -OCH3 is 1. The molecule has 4 nitrogen and oxygen atoms in total. The van der Waals surface area contributed by atoms with Gasteiger partial charge < -0.3 is 14.5 Å². The molecule has 22 heavy (non-hydrogen) atoms. The second-order valence-corrected chi connectivity index (χ2v) is 5.30. The second kappa shape index (κ2) is 6.62. The van der Waals surface area contributed by atoms with Crippen molar-refractivity contribution in [1.29, 1.82) is 0 Å². The topological polar surface area (TPSA) is 38.6 Å². The van der Waals surface area contributed by atoms with Gasteiger partial charge in [0.05, 0.1) is 12.8 Å². The molecule has 0 amide bonds. The minimum atomic E-state index is 0.772. The summed E-state index contributed by atoms with van der Waals surface area (Å²) in [4.78, 5) is 4.73. The van der Waals surface area contributed by atoms with Gasteiger partial charge in [-0.3, -0.25) is 0 Å². The standard InChI is InChI=1S/C18H21N3O/c1-3-19-12-14-8-9-21-13-16(20-18(21)10-14)11-15-6-4-5-7-17(15)22-2/h4-10,13,19H,3,11-12H2,1-2H3. The van der Waals surface area contributed by atoms with Crippen molar-refractivity contribution >= 4 is 5.65 Å². The van der Waals surface area contributed by atoms with Gasteiger partial charge in [-0.25, -0.2) is 4.98 Å². The third kappa shape index (κ3) is 3.12. The third-order valence-electron chi connectivity index (χ3n) is 3.72. The van der Waals surface area contributed by atoms with Crippen LogP contribution in [0.4, 0.5) is 0 Å². The molecule has 2 aromatic heterocycles. The maximum absolute atomic E-state index is 5.41. The first-order valence-electron chi connectivity index (χ1n) is 7.59. The molecule has 0 radical (unpaired) electrons. The van der Waals surface area contributed by atoms with Crippen molar-refractivity contribution in [2.24, 2.45) is 0 Å². The van der Waals surface area contributed by atoms with Crippen molar-refractivity contribution in [3.8, 4) is 5.75 Å². The summed E-state index contributed by atoms with van der Waals surface area (Å²) in [6, 6.07) is 12.3. The van der Waals surface area contributed by atoms with E-state index >= 15 is 0 Å². The van der Waals surface area contributed by atoms with Gasteiger partial charge in [0.15, 0.2) is 0 Å². The molecular formula is C18H21N3O. The van der Waals surface area contributed by atoms with Gasteiger partial charge in [0.2, 0.25) is 0 Å². The second-order valence-electron chi connectivity index (χ2n) is 5.30. The predicted molar refractivity (Wildman–Crippen MR) is 88.4 cm³/mol. The van der Waals surface area contributed by atoms with Crippen LogP contribution < -0.4 is 10.1 Å². The van der Waals surface area contributed by atoms with Crippen LogP contribution in [-0.2, 0) is 13.0 Å². The van der Waals surface area contributed by atoms with Crippen LogP contribution in [0.25, 0.3) is 5.65 Å². The number of nitrogens with one attached hydrogen (secondary N) is 1. The van der Waals surface area contributed by atoms with Crippen LogP contribution in [0.3, 0.4) is 0 Å². The molecule has 0 saturated heterocycles. The molecule has 0 fully saturated rings. The molecule has 0 aliphatic carbocycles. The Labute approximate surface area is 130 Å². The van der Waals surface area contributed by atoms with Gasteiger partial charge in [0.25, 0.3) is 0 Å². The summed E-state index contributed by atoms with van der Waals surface area (Å²) in [7, 11) is 1.70. The zero-order chi connectivity index (χ0) is 15.4. The fraction of sp³-hybridized carbons (Fsp3) is 0.278. The first kappa shape index (κ1) is 14.6. The van der Waals surface area contributed by atoms with Gasteiger partial charge in [-0.15, -0.1) is 0 Å². The van der Waals surface area contributed by atoms with E-state index in [0.29, 0.717) is 0 Å². The highest BCUT2D eigenvalue weighted by Crippen LogP contribution is 2.21. The lowest BCUT2D eigenvalue weighted by Gasteiger charge is -2.05.